The number of hydrogen-bond donors (Lipinski definition) is 1. The van der Waals surface area contributed by atoms with Crippen molar-refractivity contribution in [3.05, 3.63) is 74.8 Å². The molecule has 0 fully saturated rings. The van der Waals surface area contributed by atoms with Gasteiger partial charge in [-0.1, -0.05) is 59.5 Å². The van der Waals surface area contributed by atoms with E-state index < -0.39 is 10.2 Å². The first-order valence-electron chi connectivity index (χ1n) is 8.01. The van der Waals surface area contributed by atoms with Crippen molar-refractivity contribution in [1.29, 1.82) is 0 Å². The van der Waals surface area contributed by atoms with Crippen LogP contribution in [0.15, 0.2) is 52.9 Å². The molecule has 1 N–H and O–H groups in total. The minimum Gasteiger partial charge on any atom is -0.319 e. The number of amides is 1. The van der Waals surface area contributed by atoms with Crippen LogP contribution in [0, 0.1) is 24.0 Å². The van der Waals surface area contributed by atoms with Crippen LogP contribution in [0.5, 0.6) is 0 Å². The van der Waals surface area contributed by atoms with Crippen molar-refractivity contribution in [3.63, 3.8) is 0 Å². The molecule has 3 rings (SSSR count). The molecule has 138 valence electrons. The van der Waals surface area contributed by atoms with Crippen molar-refractivity contribution in [1.82, 2.24) is 10.2 Å². The van der Waals surface area contributed by atoms with Gasteiger partial charge in [-0.05, 0) is 31.0 Å². The molecule has 0 aliphatic rings. The van der Waals surface area contributed by atoms with Crippen LogP contribution in [0.1, 0.15) is 21.4 Å². The van der Waals surface area contributed by atoms with Gasteiger partial charge in [0.05, 0.1) is 4.92 Å². The maximum Gasteiger partial charge on any atom is 0.293 e. The van der Waals surface area contributed by atoms with E-state index in [4.69, 9.17) is 0 Å². The van der Waals surface area contributed by atoms with E-state index in [2.05, 4.69) is 15.5 Å². The van der Waals surface area contributed by atoms with Gasteiger partial charge in [0.15, 0.2) is 4.34 Å². The molecule has 1 heterocycles. The van der Waals surface area contributed by atoms with Gasteiger partial charge < -0.3 is 5.32 Å². The number of benzene rings is 2. The summed E-state index contributed by atoms with van der Waals surface area (Å²) in [6.07, 6.45) is 0. The zero-order valence-electron chi connectivity index (χ0n) is 14.6. The van der Waals surface area contributed by atoms with Gasteiger partial charge in [-0.25, -0.2) is 0 Å². The van der Waals surface area contributed by atoms with E-state index in [0.29, 0.717) is 4.34 Å². The number of rotatable bonds is 6. The van der Waals surface area contributed by atoms with Crippen LogP contribution in [0.2, 0.25) is 0 Å². The summed E-state index contributed by atoms with van der Waals surface area (Å²) in [5, 5.41) is 22.3. The van der Waals surface area contributed by atoms with Crippen molar-refractivity contribution in [2.24, 2.45) is 0 Å². The third-order valence-electron chi connectivity index (χ3n) is 3.67. The predicted molar refractivity (Wildman–Crippen MR) is 106 cm³/mol. The first-order chi connectivity index (χ1) is 12.9. The zero-order valence-corrected chi connectivity index (χ0v) is 16.2. The molecule has 0 unspecified atom stereocenters. The summed E-state index contributed by atoms with van der Waals surface area (Å²) in [5.74, 6) is -0.356. The van der Waals surface area contributed by atoms with Crippen molar-refractivity contribution in [2.45, 2.75) is 23.4 Å². The third-order valence-corrected chi connectivity index (χ3v) is 5.85. The van der Waals surface area contributed by atoms with Gasteiger partial charge in [-0.3, -0.25) is 14.9 Å². The number of carbonyl (C=O) groups is 1. The van der Waals surface area contributed by atoms with Crippen molar-refractivity contribution in [2.75, 3.05) is 5.32 Å². The van der Waals surface area contributed by atoms with E-state index >= 15 is 0 Å². The minimum absolute atomic E-state index is 0.132. The van der Waals surface area contributed by atoms with Gasteiger partial charge in [-0.2, -0.15) is 0 Å². The number of aromatic nitrogens is 2. The normalized spacial score (nSPS) is 11.8. The molecule has 3 aromatic rings. The minimum atomic E-state index is -0.612. The molecule has 0 saturated carbocycles. The molecule has 9 heteroatoms. The lowest BCUT2D eigenvalue weighted by atomic mass is 10.1. The fraction of sp³-hybridized carbons (Fsp3) is 0.167. The molecular weight excluding hydrogens is 384 g/mol. The Morgan fingerprint density at radius 2 is 1.93 bits per heavy atom. The van der Waals surface area contributed by atoms with Gasteiger partial charge >= 0.3 is 0 Å². The van der Waals surface area contributed by atoms with E-state index in [1.807, 2.05) is 37.3 Å². The fourth-order valence-corrected chi connectivity index (χ4v) is 4.43. The SMILES string of the molecule is Cc1ccc(NC(=O)[C@@H](Sc2nnc(C)s2)c2ccccc2)c([N+](=O)[O-])c1. The molecular formula is C18H16N4O3S2. The highest BCUT2D eigenvalue weighted by molar-refractivity contribution is 8.01. The molecule has 0 aliphatic carbocycles. The second kappa shape index (κ2) is 8.28. The molecule has 0 bridgehead atoms. The van der Waals surface area contributed by atoms with E-state index in [9.17, 15) is 14.9 Å². The lowest BCUT2D eigenvalue weighted by Gasteiger charge is -2.15. The molecule has 27 heavy (non-hydrogen) atoms. The largest absolute Gasteiger partial charge is 0.319 e. The Balaban J connectivity index is 1.91. The molecule has 0 saturated heterocycles. The Hall–Kier alpha value is -2.78. The number of aryl methyl sites for hydroxylation is 2. The molecule has 2 aromatic carbocycles. The van der Waals surface area contributed by atoms with Crippen LogP contribution in [-0.2, 0) is 4.79 Å². The summed E-state index contributed by atoms with van der Waals surface area (Å²) in [7, 11) is 0. The summed E-state index contributed by atoms with van der Waals surface area (Å²) in [6, 6.07) is 13.9. The average Bonchev–Trinajstić information content (AvgIpc) is 3.06. The molecule has 0 aliphatic heterocycles. The number of nitrogens with one attached hydrogen (secondary N) is 1. The van der Waals surface area contributed by atoms with Crippen LogP contribution >= 0.6 is 23.1 Å². The van der Waals surface area contributed by atoms with Gasteiger partial charge in [0.25, 0.3) is 5.69 Å². The average molecular weight is 400 g/mol. The predicted octanol–water partition coefficient (Wildman–Crippen LogP) is 4.54. The molecule has 0 spiro atoms. The summed E-state index contributed by atoms with van der Waals surface area (Å²) in [6.45, 7) is 3.61. The van der Waals surface area contributed by atoms with Gasteiger partial charge in [0.1, 0.15) is 15.9 Å². The van der Waals surface area contributed by atoms with Crippen LogP contribution in [-0.4, -0.2) is 21.0 Å². The number of hydrogen-bond acceptors (Lipinski definition) is 7. The highest BCUT2D eigenvalue weighted by atomic mass is 32.2. The van der Waals surface area contributed by atoms with E-state index in [1.54, 1.807) is 19.1 Å². The lowest BCUT2D eigenvalue weighted by molar-refractivity contribution is -0.384. The second-order valence-electron chi connectivity index (χ2n) is 5.76. The number of nitro benzene ring substituents is 1. The summed E-state index contributed by atoms with van der Waals surface area (Å²) in [5.41, 5.74) is 1.57. The van der Waals surface area contributed by atoms with Crippen molar-refractivity contribution in [3.8, 4) is 0 Å². The maximum atomic E-state index is 13.0. The Bertz CT molecular complexity index is 976. The van der Waals surface area contributed by atoms with E-state index in [1.165, 1.54) is 29.2 Å². The summed E-state index contributed by atoms with van der Waals surface area (Å²) < 4.78 is 0.662. The number of thioether (sulfide) groups is 1. The number of nitrogens with zero attached hydrogens (tertiary/aromatic N) is 3. The Morgan fingerprint density at radius 3 is 2.56 bits per heavy atom. The molecule has 1 atom stereocenters. The number of carbonyl (C=O) groups excluding carboxylic acids is 1. The smallest absolute Gasteiger partial charge is 0.293 e. The number of nitro groups is 1. The first kappa shape index (κ1) is 19.0. The first-order valence-corrected chi connectivity index (χ1v) is 9.71. The maximum absolute atomic E-state index is 13.0. The summed E-state index contributed by atoms with van der Waals surface area (Å²) >= 11 is 2.67. The summed E-state index contributed by atoms with van der Waals surface area (Å²) in [4.78, 5) is 23.8. The molecule has 7 nitrogen and oxygen atoms in total. The lowest BCUT2D eigenvalue weighted by Crippen LogP contribution is -2.19. The highest BCUT2D eigenvalue weighted by Gasteiger charge is 2.26. The van der Waals surface area contributed by atoms with Crippen LogP contribution in [0.25, 0.3) is 0 Å². The Labute approximate surface area is 164 Å². The molecule has 1 amide bonds. The van der Waals surface area contributed by atoms with Crippen LogP contribution < -0.4 is 5.32 Å². The Morgan fingerprint density at radius 1 is 1.19 bits per heavy atom. The van der Waals surface area contributed by atoms with Gasteiger partial charge in [0, 0.05) is 6.07 Å². The second-order valence-corrected chi connectivity index (χ2v) is 8.30. The van der Waals surface area contributed by atoms with Crippen molar-refractivity contribution >= 4 is 40.4 Å². The van der Waals surface area contributed by atoms with E-state index in [-0.39, 0.29) is 17.3 Å². The van der Waals surface area contributed by atoms with Gasteiger partial charge in [0.2, 0.25) is 5.91 Å². The molecule has 1 aromatic heterocycles. The van der Waals surface area contributed by atoms with Crippen LogP contribution in [0.3, 0.4) is 0 Å². The Kier molecular flexibility index (Phi) is 5.82. The van der Waals surface area contributed by atoms with E-state index in [0.717, 1.165) is 16.1 Å². The highest BCUT2D eigenvalue weighted by Crippen LogP contribution is 2.38. The fourth-order valence-electron chi connectivity index (χ4n) is 2.42. The third kappa shape index (κ3) is 4.69. The molecule has 0 radical (unpaired) electrons. The van der Waals surface area contributed by atoms with Crippen LogP contribution in [0.4, 0.5) is 11.4 Å². The standard InChI is InChI=1S/C18H16N4O3S2/c1-11-8-9-14(15(10-11)22(24)25)19-17(23)16(13-6-4-3-5-7-13)27-18-21-20-12(2)26-18/h3-10,16H,1-2H3,(H,19,23)/t16-/m0/s1. The van der Waals surface area contributed by atoms with Crippen molar-refractivity contribution < 1.29 is 9.72 Å². The quantitative estimate of drug-likeness (QED) is 0.371. The zero-order chi connectivity index (χ0) is 19.4. The number of anilines is 1. The van der Waals surface area contributed by atoms with Gasteiger partial charge in [-0.15, -0.1) is 10.2 Å². The monoisotopic (exact) mass is 400 g/mol. The topological polar surface area (TPSA) is 98.0 Å².